The standard InChI is InChI=1S/C24H34N2O4S/c1-16-8-10-17(11-9-16)22(28)26(15-20(27)25(5)6)19-14-18(12-13-24(2,3)4)31-21(19)23(29)30-7/h14,16-17H,8-11,15H2,1-7H3. The van der Waals surface area contributed by atoms with Gasteiger partial charge in [0, 0.05) is 25.4 Å². The van der Waals surface area contributed by atoms with Crippen LogP contribution in [0.1, 0.15) is 67.9 Å². The quantitative estimate of drug-likeness (QED) is 0.503. The molecule has 0 radical (unpaired) electrons. The molecule has 31 heavy (non-hydrogen) atoms. The molecule has 2 amide bonds. The number of esters is 1. The Bertz CT molecular complexity index is 878. The van der Waals surface area contributed by atoms with E-state index in [1.54, 1.807) is 20.2 Å². The normalized spacial score (nSPS) is 18.5. The SMILES string of the molecule is COC(=O)c1sc(C#CC(C)(C)C)cc1N(CC(=O)N(C)C)C(=O)C1CCC(C)CC1. The summed E-state index contributed by atoms with van der Waals surface area (Å²) in [6, 6.07) is 1.74. The van der Waals surface area contributed by atoms with Crippen molar-refractivity contribution in [1.29, 1.82) is 0 Å². The van der Waals surface area contributed by atoms with Gasteiger partial charge >= 0.3 is 5.97 Å². The van der Waals surface area contributed by atoms with E-state index in [-0.39, 0.29) is 29.7 Å². The molecule has 1 aromatic heterocycles. The van der Waals surface area contributed by atoms with Crippen molar-refractivity contribution in [3.05, 3.63) is 15.8 Å². The number of carbonyl (C=O) groups excluding carboxylic acids is 3. The van der Waals surface area contributed by atoms with Crippen molar-refractivity contribution in [3.63, 3.8) is 0 Å². The predicted octanol–water partition coefficient (Wildman–Crippen LogP) is 4.18. The molecule has 1 saturated carbocycles. The molecule has 0 atom stereocenters. The Morgan fingerprint density at radius 3 is 2.29 bits per heavy atom. The van der Waals surface area contributed by atoms with E-state index in [1.807, 2.05) is 20.8 Å². The van der Waals surface area contributed by atoms with Gasteiger partial charge in [0.1, 0.15) is 11.4 Å². The molecule has 0 N–H and O–H groups in total. The highest BCUT2D eigenvalue weighted by molar-refractivity contribution is 7.15. The molecule has 0 unspecified atom stereocenters. The maximum atomic E-state index is 13.5. The van der Waals surface area contributed by atoms with Gasteiger partial charge < -0.3 is 14.5 Å². The topological polar surface area (TPSA) is 66.9 Å². The van der Waals surface area contributed by atoms with Crippen LogP contribution < -0.4 is 4.90 Å². The molecule has 0 saturated heterocycles. The summed E-state index contributed by atoms with van der Waals surface area (Å²) in [7, 11) is 4.62. The number of rotatable bonds is 5. The first-order chi connectivity index (χ1) is 14.4. The Kier molecular flexibility index (Phi) is 8.30. The summed E-state index contributed by atoms with van der Waals surface area (Å²) in [4.78, 5) is 42.5. The second kappa shape index (κ2) is 10.3. The van der Waals surface area contributed by atoms with Crippen molar-refractivity contribution < 1.29 is 19.1 Å². The van der Waals surface area contributed by atoms with Gasteiger partial charge in [-0.25, -0.2) is 4.79 Å². The first kappa shape index (κ1) is 24.9. The van der Waals surface area contributed by atoms with Gasteiger partial charge in [-0.2, -0.15) is 0 Å². The molecule has 1 aliphatic carbocycles. The second-order valence-electron chi connectivity index (χ2n) is 9.49. The first-order valence-electron chi connectivity index (χ1n) is 10.7. The van der Waals surface area contributed by atoms with Crippen molar-refractivity contribution in [2.24, 2.45) is 17.3 Å². The third-order valence-corrected chi connectivity index (χ3v) is 6.38. The maximum Gasteiger partial charge on any atom is 0.350 e. The van der Waals surface area contributed by atoms with E-state index in [4.69, 9.17) is 4.74 Å². The summed E-state index contributed by atoms with van der Waals surface area (Å²) < 4.78 is 4.97. The Balaban J connectivity index is 2.50. The zero-order valence-electron chi connectivity index (χ0n) is 19.7. The zero-order valence-corrected chi connectivity index (χ0v) is 20.5. The summed E-state index contributed by atoms with van der Waals surface area (Å²) in [5, 5.41) is 0. The van der Waals surface area contributed by atoms with Gasteiger partial charge in [0.05, 0.1) is 17.7 Å². The summed E-state index contributed by atoms with van der Waals surface area (Å²) in [5.74, 6) is 5.87. The Labute approximate surface area is 189 Å². The fourth-order valence-electron chi connectivity index (χ4n) is 3.42. The number of amides is 2. The average molecular weight is 447 g/mol. The first-order valence-corrected chi connectivity index (χ1v) is 11.5. The van der Waals surface area contributed by atoms with E-state index >= 15 is 0 Å². The molecule has 0 aromatic carbocycles. The van der Waals surface area contributed by atoms with E-state index in [0.717, 1.165) is 25.7 Å². The molecule has 170 valence electrons. The van der Waals surface area contributed by atoms with Gasteiger partial charge in [-0.15, -0.1) is 11.3 Å². The van der Waals surface area contributed by atoms with Crippen molar-refractivity contribution in [3.8, 4) is 11.8 Å². The average Bonchev–Trinajstić information content (AvgIpc) is 3.13. The summed E-state index contributed by atoms with van der Waals surface area (Å²) >= 11 is 1.19. The Morgan fingerprint density at radius 2 is 1.77 bits per heavy atom. The third kappa shape index (κ3) is 6.83. The molecule has 1 aromatic rings. The third-order valence-electron chi connectivity index (χ3n) is 5.36. The van der Waals surface area contributed by atoms with Crippen LogP contribution in [0.25, 0.3) is 0 Å². The fourth-order valence-corrected chi connectivity index (χ4v) is 4.35. The fraction of sp³-hybridized carbons (Fsp3) is 0.625. The molecule has 1 aliphatic rings. The van der Waals surface area contributed by atoms with E-state index in [1.165, 1.54) is 28.2 Å². The van der Waals surface area contributed by atoms with Crippen LogP contribution in [0, 0.1) is 29.1 Å². The van der Waals surface area contributed by atoms with E-state index < -0.39 is 5.97 Å². The lowest BCUT2D eigenvalue weighted by Crippen LogP contribution is -2.44. The molecule has 1 fully saturated rings. The zero-order chi connectivity index (χ0) is 23.3. The van der Waals surface area contributed by atoms with Gasteiger partial charge in [-0.05, 0) is 58.4 Å². The molecule has 6 nitrogen and oxygen atoms in total. The highest BCUT2D eigenvalue weighted by atomic mass is 32.1. The van der Waals surface area contributed by atoms with Crippen LogP contribution in [0.15, 0.2) is 6.07 Å². The molecule has 2 rings (SSSR count). The van der Waals surface area contributed by atoms with E-state index in [0.29, 0.717) is 21.4 Å². The number of nitrogens with zero attached hydrogens (tertiary/aromatic N) is 2. The lowest BCUT2D eigenvalue weighted by molar-refractivity contribution is -0.130. The molecule has 0 spiro atoms. The van der Waals surface area contributed by atoms with Gasteiger partial charge in [-0.1, -0.05) is 18.8 Å². The van der Waals surface area contributed by atoms with E-state index in [2.05, 4.69) is 18.8 Å². The number of hydrogen-bond acceptors (Lipinski definition) is 5. The van der Waals surface area contributed by atoms with Crippen molar-refractivity contribution in [2.45, 2.75) is 53.4 Å². The van der Waals surface area contributed by atoms with Crippen LogP contribution in [0.5, 0.6) is 0 Å². The van der Waals surface area contributed by atoms with Gasteiger partial charge in [0.15, 0.2) is 0 Å². The monoisotopic (exact) mass is 446 g/mol. The van der Waals surface area contributed by atoms with Crippen LogP contribution in [-0.2, 0) is 14.3 Å². The number of methoxy groups -OCH3 is 1. The lowest BCUT2D eigenvalue weighted by Gasteiger charge is -2.31. The van der Waals surface area contributed by atoms with Crippen molar-refractivity contribution in [1.82, 2.24) is 4.90 Å². The van der Waals surface area contributed by atoms with Gasteiger partial charge in [0.2, 0.25) is 11.8 Å². The Morgan fingerprint density at radius 1 is 1.16 bits per heavy atom. The molecule has 1 heterocycles. The smallest absolute Gasteiger partial charge is 0.350 e. The predicted molar refractivity (Wildman–Crippen MR) is 124 cm³/mol. The Hall–Kier alpha value is -2.33. The van der Waals surface area contributed by atoms with Crippen LogP contribution >= 0.6 is 11.3 Å². The molecular weight excluding hydrogens is 412 g/mol. The molecule has 7 heteroatoms. The van der Waals surface area contributed by atoms with E-state index in [9.17, 15) is 14.4 Å². The minimum Gasteiger partial charge on any atom is -0.465 e. The summed E-state index contributed by atoms with van der Waals surface area (Å²) in [6.45, 7) is 8.09. The lowest BCUT2D eigenvalue weighted by atomic mass is 9.82. The van der Waals surface area contributed by atoms with Crippen LogP contribution in [0.3, 0.4) is 0 Å². The number of anilines is 1. The largest absolute Gasteiger partial charge is 0.465 e. The van der Waals surface area contributed by atoms with Crippen molar-refractivity contribution >= 4 is 34.8 Å². The molecule has 0 bridgehead atoms. The maximum absolute atomic E-state index is 13.5. The number of carbonyl (C=O) groups is 3. The summed E-state index contributed by atoms with van der Waals surface area (Å²) in [6.07, 6.45) is 3.56. The van der Waals surface area contributed by atoms with Gasteiger partial charge in [-0.3, -0.25) is 9.59 Å². The van der Waals surface area contributed by atoms with Crippen LogP contribution in [-0.4, -0.2) is 50.4 Å². The van der Waals surface area contributed by atoms with Crippen LogP contribution in [0.2, 0.25) is 0 Å². The van der Waals surface area contributed by atoms with Crippen molar-refractivity contribution in [2.75, 3.05) is 32.6 Å². The number of ether oxygens (including phenoxy) is 1. The molecular formula is C24H34N2O4S. The summed E-state index contributed by atoms with van der Waals surface area (Å²) in [5.41, 5.74) is 0.207. The number of hydrogen-bond donors (Lipinski definition) is 0. The number of likely N-dealkylation sites (N-methyl/N-ethyl adjacent to an activating group) is 1. The van der Waals surface area contributed by atoms with Crippen LogP contribution in [0.4, 0.5) is 5.69 Å². The van der Waals surface area contributed by atoms with Gasteiger partial charge in [0.25, 0.3) is 0 Å². The minimum absolute atomic E-state index is 0.111. The number of thiophene rings is 1. The highest BCUT2D eigenvalue weighted by Gasteiger charge is 2.33. The minimum atomic E-state index is -0.531. The molecule has 0 aliphatic heterocycles. The highest BCUT2D eigenvalue weighted by Crippen LogP contribution is 2.35. The second-order valence-corrected chi connectivity index (χ2v) is 10.5.